The van der Waals surface area contributed by atoms with Crippen LogP contribution in [-0.2, 0) is 14.3 Å². The molecule has 1 saturated heterocycles. The summed E-state index contributed by atoms with van der Waals surface area (Å²) in [6.07, 6.45) is 3.10. The van der Waals surface area contributed by atoms with Gasteiger partial charge in [0.2, 0.25) is 5.91 Å². The first-order chi connectivity index (χ1) is 7.72. The van der Waals surface area contributed by atoms with Gasteiger partial charge in [0.1, 0.15) is 12.1 Å². The molecule has 0 bridgehead atoms. The van der Waals surface area contributed by atoms with E-state index < -0.39 is 5.92 Å². The highest BCUT2D eigenvalue weighted by Crippen LogP contribution is 2.23. The molecule has 2 rings (SSSR count). The maximum atomic E-state index is 11.7. The van der Waals surface area contributed by atoms with E-state index in [9.17, 15) is 9.59 Å². The zero-order valence-electron chi connectivity index (χ0n) is 8.79. The van der Waals surface area contributed by atoms with Crippen LogP contribution < -0.4 is 4.90 Å². The van der Waals surface area contributed by atoms with Crippen molar-refractivity contribution >= 4 is 17.7 Å². The van der Waals surface area contributed by atoms with Crippen LogP contribution in [0.5, 0.6) is 0 Å². The molecule has 0 aromatic carbocycles. The van der Waals surface area contributed by atoms with Crippen molar-refractivity contribution in [1.82, 2.24) is 9.97 Å². The van der Waals surface area contributed by atoms with Gasteiger partial charge in [-0.05, 0) is 6.07 Å². The molecule has 0 radical (unpaired) electrons. The number of nitrogens with zero attached hydrogens (tertiary/aromatic N) is 3. The van der Waals surface area contributed by atoms with Gasteiger partial charge < -0.3 is 4.74 Å². The number of ether oxygens (including phenoxy) is 1. The fourth-order valence-electron chi connectivity index (χ4n) is 1.70. The third-order valence-electron chi connectivity index (χ3n) is 2.50. The Kier molecular flexibility index (Phi) is 2.80. The van der Waals surface area contributed by atoms with Gasteiger partial charge in [0, 0.05) is 19.2 Å². The fourth-order valence-corrected chi connectivity index (χ4v) is 1.70. The van der Waals surface area contributed by atoms with E-state index in [1.807, 2.05) is 0 Å². The molecule has 1 amide bonds. The van der Waals surface area contributed by atoms with Crippen LogP contribution in [-0.4, -0.2) is 35.5 Å². The van der Waals surface area contributed by atoms with Crippen LogP contribution in [0.3, 0.4) is 0 Å². The van der Waals surface area contributed by atoms with Crippen LogP contribution in [0.1, 0.15) is 6.42 Å². The Labute approximate surface area is 92.3 Å². The maximum Gasteiger partial charge on any atom is 0.311 e. The molecular weight excluding hydrogens is 210 g/mol. The largest absolute Gasteiger partial charge is 0.469 e. The van der Waals surface area contributed by atoms with Gasteiger partial charge in [0.15, 0.2) is 0 Å². The maximum absolute atomic E-state index is 11.7. The number of rotatable bonds is 2. The van der Waals surface area contributed by atoms with Crippen LogP contribution in [0.25, 0.3) is 0 Å². The number of esters is 1. The number of carbonyl (C=O) groups excluding carboxylic acids is 2. The minimum absolute atomic E-state index is 0.117. The molecule has 84 valence electrons. The van der Waals surface area contributed by atoms with Gasteiger partial charge in [-0.1, -0.05) is 0 Å². The van der Waals surface area contributed by atoms with Crippen molar-refractivity contribution in [2.45, 2.75) is 6.42 Å². The summed E-state index contributed by atoms with van der Waals surface area (Å²) in [6, 6.07) is 1.64. The smallest absolute Gasteiger partial charge is 0.311 e. The zero-order valence-corrected chi connectivity index (χ0v) is 8.79. The van der Waals surface area contributed by atoms with Crippen molar-refractivity contribution in [2.75, 3.05) is 18.6 Å². The lowest BCUT2D eigenvalue weighted by Gasteiger charge is -2.14. The summed E-state index contributed by atoms with van der Waals surface area (Å²) in [7, 11) is 1.32. The lowest BCUT2D eigenvalue weighted by Crippen LogP contribution is -2.26. The molecule has 6 heteroatoms. The monoisotopic (exact) mass is 221 g/mol. The molecule has 0 saturated carbocycles. The summed E-state index contributed by atoms with van der Waals surface area (Å²) < 4.78 is 4.62. The molecule has 1 atom stereocenters. The average molecular weight is 221 g/mol. The molecule has 1 aromatic heterocycles. The Bertz CT molecular complexity index is 407. The van der Waals surface area contributed by atoms with Crippen LogP contribution in [0.15, 0.2) is 18.6 Å². The third-order valence-corrected chi connectivity index (χ3v) is 2.50. The van der Waals surface area contributed by atoms with Gasteiger partial charge in [-0.2, -0.15) is 0 Å². The highest BCUT2D eigenvalue weighted by atomic mass is 16.5. The Morgan fingerprint density at radius 3 is 3.06 bits per heavy atom. The molecular formula is C10H11N3O3. The molecule has 0 N–H and O–H groups in total. The molecule has 1 fully saturated rings. The summed E-state index contributed by atoms with van der Waals surface area (Å²) in [5, 5.41) is 0. The van der Waals surface area contributed by atoms with Crippen molar-refractivity contribution in [3.05, 3.63) is 18.6 Å². The summed E-state index contributed by atoms with van der Waals surface area (Å²) in [6.45, 7) is 0.322. The number of aromatic nitrogens is 2. The number of hydrogen-bond donors (Lipinski definition) is 0. The van der Waals surface area contributed by atoms with E-state index in [1.165, 1.54) is 18.3 Å². The fraction of sp³-hybridized carbons (Fsp3) is 0.400. The highest BCUT2D eigenvalue weighted by molar-refractivity contribution is 5.98. The SMILES string of the molecule is COC(=O)C1CC(=O)N(c2ccncn2)C1. The van der Waals surface area contributed by atoms with E-state index in [0.717, 1.165) is 0 Å². The van der Waals surface area contributed by atoms with Gasteiger partial charge >= 0.3 is 5.97 Å². The summed E-state index contributed by atoms with van der Waals surface area (Å²) in [5.41, 5.74) is 0. The van der Waals surface area contributed by atoms with E-state index in [-0.39, 0.29) is 18.3 Å². The quantitative estimate of drug-likeness (QED) is 0.657. The van der Waals surface area contributed by atoms with E-state index >= 15 is 0 Å². The zero-order chi connectivity index (χ0) is 11.5. The first kappa shape index (κ1) is 10.5. The molecule has 1 aromatic rings. The van der Waals surface area contributed by atoms with E-state index in [1.54, 1.807) is 12.3 Å². The predicted molar refractivity (Wildman–Crippen MR) is 54.5 cm³/mol. The van der Waals surface area contributed by atoms with E-state index in [4.69, 9.17) is 0 Å². The second-order valence-corrected chi connectivity index (χ2v) is 3.50. The minimum Gasteiger partial charge on any atom is -0.469 e. The van der Waals surface area contributed by atoms with Gasteiger partial charge in [-0.25, -0.2) is 9.97 Å². The lowest BCUT2D eigenvalue weighted by atomic mass is 10.1. The molecule has 16 heavy (non-hydrogen) atoms. The topological polar surface area (TPSA) is 72.4 Å². The molecule has 0 aliphatic carbocycles. The van der Waals surface area contributed by atoms with E-state index in [2.05, 4.69) is 14.7 Å². The second kappa shape index (κ2) is 4.26. The predicted octanol–water partition coefficient (Wildman–Crippen LogP) is 0.00250. The molecule has 1 aliphatic heterocycles. The van der Waals surface area contributed by atoms with Crippen LogP contribution in [0, 0.1) is 5.92 Å². The van der Waals surface area contributed by atoms with Crippen molar-refractivity contribution < 1.29 is 14.3 Å². The van der Waals surface area contributed by atoms with Gasteiger partial charge in [0.05, 0.1) is 13.0 Å². The standard InChI is InChI=1S/C10H11N3O3/c1-16-10(15)7-4-9(14)13(5-7)8-2-3-11-6-12-8/h2-3,6-7H,4-5H2,1H3. The minimum atomic E-state index is -0.396. The van der Waals surface area contributed by atoms with Crippen molar-refractivity contribution in [3.8, 4) is 0 Å². The molecule has 6 nitrogen and oxygen atoms in total. The second-order valence-electron chi connectivity index (χ2n) is 3.50. The summed E-state index contributed by atoms with van der Waals surface area (Å²) >= 11 is 0. The first-order valence-electron chi connectivity index (χ1n) is 4.86. The number of anilines is 1. The Hall–Kier alpha value is -1.98. The Morgan fingerprint density at radius 2 is 2.44 bits per heavy atom. The van der Waals surface area contributed by atoms with Crippen LogP contribution >= 0.6 is 0 Å². The summed E-state index contributed by atoms with van der Waals surface area (Å²) in [5.74, 6) is -0.349. The Morgan fingerprint density at radius 1 is 1.62 bits per heavy atom. The number of carbonyl (C=O) groups is 2. The van der Waals surface area contributed by atoms with Gasteiger partial charge in [0.25, 0.3) is 0 Å². The summed E-state index contributed by atoms with van der Waals surface area (Å²) in [4.78, 5) is 32.2. The molecule has 2 heterocycles. The highest BCUT2D eigenvalue weighted by Gasteiger charge is 2.36. The van der Waals surface area contributed by atoms with Crippen molar-refractivity contribution in [3.63, 3.8) is 0 Å². The third kappa shape index (κ3) is 1.86. The average Bonchev–Trinajstić information content (AvgIpc) is 2.71. The number of amides is 1. The van der Waals surface area contributed by atoms with Crippen LogP contribution in [0.4, 0.5) is 5.82 Å². The molecule has 1 aliphatic rings. The Balaban J connectivity index is 2.14. The number of hydrogen-bond acceptors (Lipinski definition) is 5. The first-order valence-corrected chi connectivity index (χ1v) is 4.86. The molecule has 0 spiro atoms. The van der Waals surface area contributed by atoms with Gasteiger partial charge in [-0.15, -0.1) is 0 Å². The van der Waals surface area contributed by atoms with Crippen molar-refractivity contribution in [1.29, 1.82) is 0 Å². The van der Waals surface area contributed by atoms with Crippen LogP contribution in [0.2, 0.25) is 0 Å². The lowest BCUT2D eigenvalue weighted by molar-refractivity contribution is -0.145. The normalized spacial score (nSPS) is 19.9. The van der Waals surface area contributed by atoms with Gasteiger partial charge in [-0.3, -0.25) is 14.5 Å². The van der Waals surface area contributed by atoms with Crippen molar-refractivity contribution in [2.24, 2.45) is 5.92 Å². The number of methoxy groups -OCH3 is 1. The molecule has 1 unspecified atom stereocenters. The van der Waals surface area contributed by atoms with E-state index in [0.29, 0.717) is 12.4 Å².